The van der Waals surface area contributed by atoms with E-state index in [0.717, 1.165) is 16.7 Å². The Morgan fingerprint density at radius 3 is 2.68 bits per heavy atom. The first-order valence-corrected chi connectivity index (χ1v) is 9.15. The molecular formula is C24H17NO3. The van der Waals surface area contributed by atoms with Gasteiger partial charge in [-0.25, -0.2) is 0 Å². The van der Waals surface area contributed by atoms with Crippen LogP contribution in [0.2, 0.25) is 0 Å². The van der Waals surface area contributed by atoms with E-state index in [1.165, 1.54) is 10.8 Å². The normalized spacial score (nSPS) is 17.1. The summed E-state index contributed by atoms with van der Waals surface area (Å²) < 4.78 is 5.93. The van der Waals surface area contributed by atoms with Crippen molar-refractivity contribution in [1.82, 2.24) is 0 Å². The van der Waals surface area contributed by atoms with Crippen LogP contribution in [0.15, 0.2) is 78.6 Å². The molecule has 4 nitrogen and oxygen atoms in total. The predicted octanol–water partition coefficient (Wildman–Crippen LogP) is 4.03. The maximum absolute atomic E-state index is 12.6. The van der Waals surface area contributed by atoms with Gasteiger partial charge in [0.05, 0.1) is 5.56 Å². The molecule has 0 aromatic heterocycles. The number of allylic oxidation sites excluding steroid dienone is 4. The number of carbonyl (C=O) groups excluding carboxylic acids is 2. The Morgan fingerprint density at radius 1 is 1.00 bits per heavy atom. The van der Waals surface area contributed by atoms with E-state index in [2.05, 4.69) is 24.3 Å². The van der Waals surface area contributed by atoms with Gasteiger partial charge in [-0.15, -0.1) is 0 Å². The number of hydrogen-bond donors (Lipinski definition) is 1. The molecular weight excluding hydrogens is 350 g/mol. The molecule has 5 rings (SSSR count). The standard InChI is InChI=1S/C24H17NO3/c25-24(27)18-12-11-16(13-15-7-3-6-14-5-1-2-8-17(14)15)21-22-19(26)9-4-10-20(22)28-23(18)21/h1-12,22H,13H2,(H2,25,27). The molecule has 1 unspecified atom stereocenters. The van der Waals surface area contributed by atoms with E-state index >= 15 is 0 Å². The molecule has 0 saturated carbocycles. The predicted molar refractivity (Wildman–Crippen MR) is 107 cm³/mol. The summed E-state index contributed by atoms with van der Waals surface area (Å²) in [7, 11) is 0. The van der Waals surface area contributed by atoms with Crippen LogP contribution in [0.25, 0.3) is 10.8 Å². The van der Waals surface area contributed by atoms with E-state index in [1.54, 1.807) is 24.3 Å². The van der Waals surface area contributed by atoms with Crippen LogP contribution in [-0.2, 0) is 11.2 Å². The zero-order valence-electron chi connectivity index (χ0n) is 15.0. The Bertz CT molecular complexity index is 1210. The van der Waals surface area contributed by atoms with Crippen molar-refractivity contribution in [1.29, 1.82) is 0 Å². The number of ketones is 1. The number of fused-ring (bicyclic) bond motifs is 4. The Morgan fingerprint density at radius 2 is 1.82 bits per heavy atom. The van der Waals surface area contributed by atoms with E-state index in [-0.39, 0.29) is 5.78 Å². The molecule has 0 fully saturated rings. The maximum Gasteiger partial charge on any atom is 0.252 e. The van der Waals surface area contributed by atoms with Gasteiger partial charge < -0.3 is 10.5 Å². The summed E-state index contributed by atoms with van der Waals surface area (Å²) >= 11 is 0. The summed E-state index contributed by atoms with van der Waals surface area (Å²) in [5.41, 5.74) is 8.73. The van der Waals surface area contributed by atoms with Gasteiger partial charge in [0.25, 0.3) is 5.91 Å². The van der Waals surface area contributed by atoms with Crippen LogP contribution in [0.5, 0.6) is 5.75 Å². The molecule has 1 aliphatic carbocycles. The minimum absolute atomic E-state index is 0.0444. The molecule has 2 aliphatic rings. The number of amides is 1. The van der Waals surface area contributed by atoms with Gasteiger partial charge in [-0.2, -0.15) is 0 Å². The van der Waals surface area contributed by atoms with Crippen molar-refractivity contribution in [2.75, 3.05) is 0 Å². The largest absolute Gasteiger partial charge is 0.459 e. The molecule has 3 aromatic rings. The number of rotatable bonds is 3. The van der Waals surface area contributed by atoms with Gasteiger partial charge in [0, 0.05) is 5.56 Å². The number of carbonyl (C=O) groups is 2. The zero-order valence-corrected chi connectivity index (χ0v) is 15.0. The van der Waals surface area contributed by atoms with Crippen LogP contribution in [-0.4, -0.2) is 11.7 Å². The Hall–Kier alpha value is -3.66. The SMILES string of the molecule is NC(=O)c1ccc(Cc2cccc3ccccc23)c2c1OC1=CC=CC(=O)C12. The summed E-state index contributed by atoms with van der Waals surface area (Å²) in [4.78, 5) is 24.5. The van der Waals surface area contributed by atoms with Crippen molar-refractivity contribution in [3.05, 3.63) is 101 Å². The minimum Gasteiger partial charge on any atom is -0.459 e. The van der Waals surface area contributed by atoms with E-state index in [9.17, 15) is 9.59 Å². The number of nitrogens with two attached hydrogens (primary N) is 1. The molecule has 0 spiro atoms. The molecule has 28 heavy (non-hydrogen) atoms. The number of primary amides is 1. The van der Waals surface area contributed by atoms with Crippen LogP contribution >= 0.6 is 0 Å². The highest BCUT2D eigenvalue weighted by Gasteiger charge is 2.39. The van der Waals surface area contributed by atoms with Crippen LogP contribution in [0, 0.1) is 0 Å². The first kappa shape index (κ1) is 16.5. The molecule has 4 heteroatoms. The number of benzene rings is 3. The first-order chi connectivity index (χ1) is 13.6. The average molecular weight is 367 g/mol. The number of hydrogen-bond acceptors (Lipinski definition) is 3. The lowest BCUT2D eigenvalue weighted by Crippen LogP contribution is -2.14. The minimum atomic E-state index is -0.562. The molecule has 1 amide bonds. The lowest BCUT2D eigenvalue weighted by molar-refractivity contribution is -0.115. The second-order valence-corrected chi connectivity index (χ2v) is 7.06. The molecule has 3 aromatic carbocycles. The third-order valence-electron chi connectivity index (χ3n) is 5.41. The summed E-state index contributed by atoms with van der Waals surface area (Å²) in [6.07, 6.45) is 5.63. The highest BCUT2D eigenvalue weighted by atomic mass is 16.5. The quantitative estimate of drug-likeness (QED) is 0.760. The Labute approximate surface area is 161 Å². The summed E-state index contributed by atoms with van der Waals surface area (Å²) in [5, 5.41) is 2.33. The van der Waals surface area contributed by atoms with Gasteiger partial charge in [-0.05, 0) is 46.5 Å². The van der Waals surface area contributed by atoms with Gasteiger partial charge in [-0.1, -0.05) is 54.6 Å². The first-order valence-electron chi connectivity index (χ1n) is 9.15. The van der Waals surface area contributed by atoms with Crippen molar-refractivity contribution in [3.63, 3.8) is 0 Å². The van der Waals surface area contributed by atoms with Gasteiger partial charge >= 0.3 is 0 Å². The van der Waals surface area contributed by atoms with Crippen molar-refractivity contribution in [2.45, 2.75) is 12.3 Å². The molecule has 2 N–H and O–H groups in total. The van der Waals surface area contributed by atoms with Crippen LogP contribution in [0.4, 0.5) is 0 Å². The van der Waals surface area contributed by atoms with Crippen molar-refractivity contribution < 1.29 is 14.3 Å². The third kappa shape index (κ3) is 2.46. The lowest BCUT2D eigenvalue weighted by atomic mass is 9.84. The Balaban J connectivity index is 1.69. The van der Waals surface area contributed by atoms with Crippen molar-refractivity contribution in [2.24, 2.45) is 5.73 Å². The van der Waals surface area contributed by atoms with Gasteiger partial charge in [0.1, 0.15) is 17.4 Å². The molecule has 1 heterocycles. The van der Waals surface area contributed by atoms with Crippen molar-refractivity contribution in [3.8, 4) is 5.75 Å². The Kier molecular flexibility index (Phi) is 3.66. The highest BCUT2D eigenvalue weighted by molar-refractivity contribution is 6.03. The molecule has 1 atom stereocenters. The molecule has 0 saturated heterocycles. The van der Waals surface area contributed by atoms with E-state index in [4.69, 9.17) is 10.5 Å². The third-order valence-corrected chi connectivity index (χ3v) is 5.41. The number of ether oxygens (including phenoxy) is 1. The smallest absolute Gasteiger partial charge is 0.252 e. The van der Waals surface area contributed by atoms with Crippen LogP contribution < -0.4 is 10.5 Å². The molecule has 1 aliphatic heterocycles. The van der Waals surface area contributed by atoms with Crippen LogP contribution in [0.1, 0.15) is 33.0 Å². The van der Waals surface area contributed by atoms with Crippen LogP contribution in [0.3, 0.4) is 0 Å². The van der Waals surface area contributed by atoms with Gasteiger partial charge in [0.15, 0.2) is 5.78 Å². The summed E-state index contributed by atoms with van der Waals surface area (Å²) in [5.74, 6) is -0.150. The second kappa shape index (κ2) is 6.20. The fourth-order valence-corrected chi connectivity index (χ4v) is 4.13. The van der Waals surface area contributed by atoms with E-state index < -0.39 is 11.8 Å². The fourth-order valence-electron chi connectivity index (χ4n) is 4.13. The topological polar surface area (TPSA) is 69.4 Å². The average Bonchev–Trinajstić information content (AvgIpc) is 3.09. The summed E-state index contributed by atoms with van der Waals surface area (Å²) in [6.45, 7) is 0. The highest BCUT2D eigenvalue weighted by Crippen LogP contribution is 2.47. The van der Waals surface area contributed by atoms with E-state index in [1.807, 2.05) is 24.3 Å². The molecule has 0 radical (unpaired) electrons. The monoisotopic (exact) mass is 367 g/mol. The van der Waals surface area contributed by atoms with E-state index in [0.29, 0.717) is 23.5 Å². The molecule has 0 bridgehead atoms. The lowest BCUT2D eigenvalue weighted by Gasteiger charge is -2.15. The maximum atomic E-state index is 12.6. The second-order valence-electron chi connectivity index (χ2n) is 7.06. The molecule has 136 valence electrons. The zero-order chi connectivity index (χ0) is 19.3. The van der Waals surface area contributed by atoms with Gasteiger partial charge in [-0.3, -0.25) is 9.59 Å². The van der Waals surface area contributed by atoms with Gasteiger partial charge in [0.2, 0.25) is 0 Å². The van der Waals surface area contributed by atoms with Crippen molar-refractivity contribution >= 4 is 22.5 Å². The fraction of sp³-hybridized carbons (Fsp3) is 0.0833. The summed E-state index contributed by atoms with van der Waals surface area (Å²) in [6, 6.07) is 18.0.